The largest absolute Gasteiger partial charge is 0.542 e. The van der Waals surface area contributed by atoms with Crippen LogP contribution in [0.2, 0.25) is 0 Å². The number of methoxy groups -OCH3 is 1. The standard InChI is InChI=1S/C26H32NO4.C2HF3O2/c1-27(2)17-16-22(18-27)31-26(28)25(30-21-14-12-20(29-3)13-15-21)24-11-7-6-10-23(24)19-8-4-5-9-19;3-2(4,5)1(6)7/h6-8,10-15,22,25H,4-5,9,16-18H2,1-3H3;(H,6,7)/q+1;/p-1. The van der Waals surface area contributed by atoms with Crippen molar-refractivity contribution in [2.75, 3.05) is 34.3 Å². The molecule has 1 aliphatic heterocycles. The second kappa shape index (κ2) is 12.3. The maximum absolute atomic E-state index is 13.4. The monoisotopic (exact) mass is 535 g/mol. The molecule has 0 spiro atoms. The van der Waals surface area contributed by atoms with Gasteiger partial charge in [0.25, 0.3) is 0 Å². The van der Waals surface area contributed by atoms with E-state index in [1.165, 1.54) is 5.57 Å². The number of benzene rings is 2. The Morgan fingerprint density at radius 2 is 1.68 bits per heavy atom. The summed E-state index contributed by atoms with van der Waals surface area (Å²) in [6.07, 6.45) is 0.298. The van der Waals surface area contributed by atoms with E-state index in [2.05, 4.69) is 26.2 Å². The molecule has 2 aromatic carbocycles. The van der Waals surface area contributed by atoms with E-state index in [0.717, 1.165) is 60.1 Å². The van der Waals surface area contributed by atoms with Gasteiger partial charge >= 0.3 is 12.1 Å². The van der Waals surface area contributed by atoms with Crippen LogP contribution in [0.1, 0.15) is 42.9 Å². The summed E-state index contributed by atoms with van der Waals surface area (Å²) >= 11 is 0. The number of quaternary nitrogens is 1. The average Bonchev–Trinajstić information content (AvgIpc) is 3.52. The van der Waals surface area contributed by atoms with Crippen molar-refractivity contribution in [2.24, 2.45) is 0 Å². The Bertz CT molecular complexity index is 1140. The number of halogens is 3. The molecular weight excluding hydrogens is 503 g/mol. The number of likely N-dealkylation sites (N-methyl/N-ethyl adjacent to an activating group) is 1. The normalized spacial score (nSPS) is 19.0. The maximum atomic E-state index is 13.4. The molecule has 1 saturated heterocycles. The molecule has 2 aliphatic rings. The average molecular weight is 536 g/mol. The number of esters is 1. The third-order valence-corrected chi connectivity index (χ3v) is 6.43. The smallest absolute Gasteiger partial charge is 0.430 e. The summed E-state index contributed by atoms with van der Waals surface area (Å²) in [7, 11) is 5.96. The van der Waals surface area contributed by atoms with E-state index < -0.39 is 18.2 Å². The molecule has 0 amide bonds. The van der Waals surface area contributed by atoms with E-state index in [0.29, 0.717) is 5.75 Å². The van der Waals surface area contributed by atoms with Crippen molar-refractivity contribution >= 4 is 17.5 Å². The van der Waals surface area contributed by atoms with Crippen molar-refractivity contribution in [1.82, 2.24) is 0 Å². The Balaban J connectivity index is 0.000000505. The highest BCUT2D eigenvalue weighted by Crippen LogP contribution is 2.35. The van der Waals surface area contributed by atoms with Crippen LogP contribution in [0.4, 0.5) is 13.2 Å². The van der Waals surface area contributed by atoms with E-state index in [1.54, 1.807) is 7.11 Å². The Hall–Kier alpha value is -3.53. The van der Waals surface area contributed by atoms with Crippen molar-refractivity contribution in [2.45, 2.75) is 44.1 Å². The number of carbonyl (C=O) groups is 2. The predicted octanol–water partition coefficient (Wildman–Crippen LogP) is 4.07. The van der Waals surface area contributed by atoms with Gasteiger partial charge in [-0.1, -0.05) is 30.3 Å². The number of carbonyl (C=O) groups excluding carboxylic acids is 2. The van der Waals surface area contributed by atoms with Gasteiger partial charge < -0.3 is 28.6 Å². The summed E-state index contributed by atoms with van der Waals surface area (Å²) in [6.45, 7) is 1.83. The Labute approximate surface area is 220 Å². The number of allylic oxidation sites excluding steroid dienone is 2. The number of hydrogen-bond acceptors (Lipinski definition) is 6. The quantitative estimate of drug-likeness (QED) is 0.393. The Morgan fingerprint density at radius 1 is 1.05 bits per heavy atom. The second-order valence-corrected chi connectivity index (χ2v) is 9.86. The molecule has 0 N–H and O–H groups in total. The zero-order chi connectivity index (χ0) is 27.9. The van der Waals surface area contributed by atoms with Crippen LogP contribution in [0, 0.1) is 0 Å². The van der Waals surface area contributed by atoms with Crippen molar-refractivity contribution in [1.29, 1.82) is 0 Å². The van der Waals surface area contributed by atoms with Crippen LogP contribution in [0.25, 0.3) is 5.57 Å². The molecule has 1 fully saturated rings. The van der Waals surface area contributed by atoms with Gasteiger partial charge in [-0.3, -0.25) is 0 Å². The van der Waals surface area contributed by atoms with Gasteiger partial charge in [-0.25, -0.2) is 4.79 Å². The number of aliphatic carboxylic acids is 1. The van der Waals surface area contributed by atoms with Crippen LogP contribution in [-0.2, 0) is 14.3 Å². The fourth-order valence-corrected chi connectivity index (χ4v) is 4.51. The SMILES string of the molecule is COc1ccc(OC(C(=O)OC2CC[N+](C)(C)C2)c2ccccc2C2=CCCC2)cc1.O=C([O-])C(F)(F)F. The Kier molecular flexibility index (Phi) is 9.43. The number of carboxylic acid groups (broad SMARTS) is 1. The first-order chi connectivity index (χ1) is 17.9. The highest BCUT2D eigenvalue weighted by Gasteiger charge is 2.37. The number of ether oxygens (including phenoxy) is 3. The molecular formula is C28H32F3NO6. The number of alkyl halides is 3. The lowest BCUT2D eigenvalue weighted by Gasteiger charge is -2.25. The van der Waals surface area contributed by atoms with Crippen LogP contribution >= 0.6 is 0 Å². The summed E-state index contributed by atoms with van der Waals surface area (Å²) in [5, 5.41) is 8.78. The number of carboxylic acids is 1. The fraction of sp³-hybridized carbons (Fsp3) is 0.429. The van der Waals surface area contributed by atoms with E-state index in [9.17, 15) is 18.0 Å². The molecule has 4 rings (SSSR count). The van der Waals surface area contributed by atoms with Gasteiger partial charge in [0.2, 0.25) is 6.10 Å². The Morgan fingerprint density at radius 3 is 2.21 bits per heavy atom. The van der Waals surface area contributed by atoms with Crippen molar-refractivity contribution < 1.29 is 46.6 Å². The number of hydrogen-bond donors (Lipinski definition) is 0. The molecule has 2 aromatic rings. The number of likely N-dealkylation sites (tertiary alicyclic amines) is 1. The first-order valence-electron chi connectivity index (χ1n) is 12.3. The predicted molar refractivity (Wildman–Crippen MR) is 132 cm³/mol. The molecule has 38 heavy (non-hydrogen) atoms. The lowest BCUT2D eigenvalue weighted by atomic mass is 9.95. The summed E-state index contributed by atoms with van der Waals surface area (Å²) in [6, 6.07) is 15.4. The molecule has 0 saturated carbocycles. The highest BCUT2D eigenvalue weighted by atomic mass is 19.4. The topological polar surface area (TPSA) is 84.9 Å². The first-order valence-corrected chi connectivity index (χ1v) is 12.3. The van der Waals surface area contributed by atoms with Crippen LogP contribution in [0.15, 0.2) is 54.6 Å². The second-order valence-electron chi connectivity index (χ2n) is 9.86. The maximum Gasteiger partial charge on any atom is 0.430 e. The molecule has 2 unspecified atom stereocenters. The van der Waals surface area contributed by atoms with E-state index in [1.807, 2.05) is 42.5 Å². The first kappa shape index (κ1) is 29.0. The summed E-state index contributed by atoms with van der Waals surface area (Å²) < 4.78 is 49.9. The van der Waals surface area contributed by atoms with Crippen LogP contribution in [0.3, 0.4) is 0 Å². The highest BCUT2D eigenvalue weighted by molar-refractivity contribution is 5.81. The minimum Gasteiger partial charge on any atom is -0.542 e. The third kappa shape index (κ3) is 7.98. The zero-order valence-electron chi connectivity index (χ0n) is 21.6. The van der Waals surface area contributed by atoms with E-state index in [-0.39, 0.29) is 12.1 Å². The van der Waals surface area contributed by atoms with Gasteiger partial charge in [0, 0.05) is 12.0 Å². The molecule has 1 heterocycles. The number of nitrogens with zero attached hydrogens (tertiary/aromatic N) is 1. The van der Waals surface area contributed by atoms with Gasteiger partial charge in [-0.2, -0.15) is 13.2 Å². The van der Waals surface area contributed by atoms with Gasteiger partial charge in [-0.05, 0) is 54.7 Å². The fourth-order valence-electron chi connectivity index (χ4n) is 4.51. The molecule has 2 atom stereocenters. The minimum absolute atomic E-state index is 0.0812. The van der Waals surface area contributed by atoms with Crippen LogP contribution < -0.4 is 14.6 Å². The van der Waals surface area contributed by atoms with Crippen LogP contribution in [0.5, 0.6) is 11.5 Å². The lowest BCUT2D eigenvalue weighted by molar-refractivity contribution is -0.879. The summed E-state index contributed by atoms with van der Waals surface area (Å²) in [5.74, 6) is -1.98. The van der Waals surface area contributed by atoms with Gasteiger partial charge in [0.05, 0.1) is 27.7 Å². The molecule has 0 radical (unpaired) electrons. The molecule has 206 valence electrons. The van der Waals surface area contributed by atoms with E-state index in [4.69, 9.17) is 24.1 Å². The van der Waals surface area contributed by atoms with Crippen LogP contribution in [-0.4, -0.2) is 63.0 Å². The van der Waals surface area contributed by atoms with E-state index >= 15 is 0 Å². The molecule has 0 aromatic heterocycles. The third-order valence-electron chi connectivity index (χ3n) is 6.43. The van der Waals surface area contributed by atoms with Crippen molar-refractivity contribution in [3.8, 4) is 11.5 Å². The zero-order valence-corrected chi connectivity index (χ0v) is 21.6. The van der Waals surface area contributed by atoms with Gasteiger partial charge in [0.15, 0.2) is 6.10 Å². The van der Waals surface area contributed by atoms with Gasteiger partial charge in [-0.15, -0.1) is 0 Å². The van der Waals surface area contributed by atoms with Gasteiger partial charge in [0.1, 0.15) is 24.0 Å². The van der Waals surface area contributed by atoms with Crippen molar-refractivity contribution in [3.05, 3.63) is 65.7 Å². The molecule has 1 aliphatic carbocycles. The minimum atomic E-state index is -5.19. The number of rotatable bonds is 7. The molecule has 10 heteroatoms. The van der Waals surface area contributed by atoms with Crippen molar-refractivity contribution in [3.63, 3.8) is 0 Å². The molecule has 7 nitrogen and oxygen atoms in total. The summed E-state index contributed by atoms with van der Waals surface area (Å²) in [4.78, 5) is 22.2. The summed E-state index contributed by atoms with van der Waals surface area (Å²) in [5.41, 5.74) is 3.23. The molecule has 0 bridgehead atoms. The lowest BCUT2D eigenvalue weighted by Crippen LogP contribution is -2.38.